The molecule has 92 valence electrons. The van der Waals surface area contributed by atoms with Gasteiger partial charge in [-0.1, -0.05) is 0 Å². The summed E-state index contributed by atoms with van der Waals surface area (Å²) in [6, 6.07) is 0. The molecule has 0 radical (unpaired) electrons. The highest BCUT2D eigenvalue weighted by Crippen LogP contribution is 2.46. The van der Waals surface area contributed by atoms with Gasteiger partial charge in [-0.2, -0.15) is 11.8 Å². The lowest BCUT2D eigenvalue weighted by molar-refractivity contribution is -0.156. The van der Waals surface area contributed by atoms with Gasteiger partial charge >= 0.3 is 0 Å². The quantitative estimate of drug-likeness (QED) is 0.807. The summed E-state index contributed by atoms with van der Waals surface area (Å²) in [6.07, 6.45) is 8.40. The first kappa shape index (κ1) is 11.4. The molecule has 1 spiro atoms. The summed E-state index contributed by atoms with van der Waals surface area (Å²) in [6.45, 7) is 0.874. The molecule has 16 heavy (non-hydrogen) atoms. The van der Waals surface area contributed by atoms with Gasteiger partial charge in [-0.15, -0.1) is 0 Å². The summed E-state index contributed by atoms with van der Waals surface area (Å²) >= 11 is 1.98. The summed E-state index contributed by atoms with van der Waals surface area (Å²) in [5.41, 5.74) is 0.188. The fraction of sp³-hybridized carbons (Fsp3) is 1.00. The third-order valence-electron chi connectivity index (χ3n) is 4.62. The SMILES string of the molecule is OC(C1CCOC2(CCC2)C1)C1CCCS1. The minimum atomic E-state index is -0.0751. The molecule has 3 atom stereocenters. The molecule has 2 heterocycles. The van der Waals surface area contributed by atoms with Crippen molar-refractivity contribution in [1.29, 1.82) is 0 Å². The Labute approximate surface area is 102 Å². The maximum absolute atomic E-state index is 10.4. The Morgan fingerprint density at radius 1 is 1.25 bits per heavy atom. The molecule has 0 aromatic rings. The van der Waals surface area contributed by atoms with Crippen molar-refractivity contribution >= 4 is 11.8 Å². The van der Waals surface area contributed by atoms with Crippen LogP contribution in [-0.4, -0.2) is 34.4 Å². The fourth-order valence-corrected chi connectivity index (χ4v) is 4.84. The van der Waals surface area contributed by atoms with Crippen molar-refractivity contribution in [2.75, 3.05) is 12.4 Å². The van der Waals surface area contributed by atoms with E-state index in [1.807, 2.05) is 11.8 Å². The van der Waals surface area contributed by atoms with Crippen LogP contribution >= 0.6 is 11.8 Å². The van der Waals surface area contributed by atoms with Crippen LogP contribution in [0.25, 0.3) is 0 Å². The van der Waals surface area contributed by atoms with Gasteiger partial charge in [-0.3, -0.25) is 0 Å². The van der Waals surface area contributed by atoms with Crippen molar-refractivity contribution in [2.45, 2.75) is 61.9 Å². The van der Waals surface area contributed by atoms with Crippen molar-refractivity contribution in [3.8, 4) is 0 Å². The molecule has 0 aromatic carbocycles. The highest BCUT2D eigenvalue weighted by molar-refractivity contribution is 8.00. The van der Waals surface area contributed by atoms with Gasteiger partial charge in [-0.25, -0.2) is 0 Å². The summed E-state index contributed by atoms with van der Waals surface area (Å²) in [7, 11) is 0. The van der Waals surface area contributed by atoms with Crippen molar-refractivity contribution < 1.29 is 9.84 Å². The van der Waals surface area contributed by atoms with Crippen LogP contribution in [0, 0.1) is 5.92 Å². The molecule has 0 amide bonds. The second kappa shape index (κ2) is 4.51. The van der Waals surface area contributed by atoms with Crippen LogP contribution < -0.4 is 0 Å². The van der Waals surface area contributed by atoms with E-state index in [1.165, 1.54) is 37.9 Å². The van der Waals surface area contributed by atoms with E-state index in [-0.39, 0.29) is 11.7 Å². The molecule has 1 N–H and O–H groups in total. The minimum Gasteiger partial charge on any atom is -0.392 e. The zero-order chi connectivity index (χ0) is 11.0. The van der Waals surface area contributed by atoms with E-state index in [0.717, 1.165) is 19.4 Å². The fourth-order valence-electron chi connectivity index (χ4n) is 3.45. The normalized spacial score (nSPS) is 39.6. The summed E-state index contributed by atoms with van der Waals surface area (Å²) in [5, 5.41) is 11.0. The molecule has 3 aliphatic rings. The lowest BCUT2D eigenvalue weighted by atomic mass is 9.70. The van der Waals surface area contributed by atoms with Gasteiger partial charge < -0.3 is 9.84 Å². The molecule has 2 aliphatic heterocycles. The van der Waals surface area contributed by atoms with Gasteiger partial charge in [0.15, 0.2) is 0 Å². The Bertz CT molecular complexity index is 246. The number of aliphatic hydroxyl groups is 1. The molecule has 0 aromatic heterocycles. The van der Waals surface area contributed by atoms with E-state index in [4.69, 9.17) is 4.74 Å². The number of rotatable bonds is 2. The number of hydrogen-bond acceptors (Lipinski definition) is 3. The topological polar surface area (TPSA) is 29.5 Å². The summed E-state index contributed by atoms with van der Waals surface area (Å²) < 4.78 is 5.93. The predicted molar refractivity (Wildman–Crippen MR) is 66.7 cm³/mol. The van der Waals surface area contributed by atoms with Crippen LogP contribution in [0.5, 0.6) is 0 Å². The molecule has 3 fully saturated rings. The first-order valence-corrected chi connectivity index (χ1v) is 7.78. The maximum atomic E-state index is 10.4. The Kier molecular flexibility index (Phi) is 3.20. The smallest absolute Gasteiger partial charge is 0.0688 e. The van der Waals surface area contributed by atoms with Crippen molar-refractivity contribution in [3.05, 3.63) is 0 Å². The van der Waals surface area contributed by atoms with Gasteiger partial charge in [0.1, 0.15) is 0 Å². The predicted octanol–water partition coefficient (Wildman–Crippen LogP) is 2.59. The molecular weight excluding hydrogens is 220 g/mol. The molecule has 1 aliphatic carbocycles. The first-order chi connectivity index (χ1) is 7.79. The maximum Gasteiger partial charge on any atom is 0.0688 e. The van der Waals surface area contributed by atoms with Gasteiger partial charge in [-0.05, 0) is 56.6 Å². The van der Waals surface area contributed by atoms with E-state index in [1.54, 1.807) is 0 Å². The van der Waals surface area contributed by atoms with Gasteiger partial charge in [0.25, 0.3) is 0 Å². The van der Waals surface area contributed by atoms with Crippen molar-refractivity contribution in [1.82, 2.24) is 0 Å². The van der Waals surface area contributed by atoms with Crippen molar-refractivity contribution in [2.24, 2.45) is 5.92 Å². The van der Waals surface area contributed by atoms with Crippen LogP contribution in [0.15, 0.2) is 0 Å². The van der Waals surface area contributed by atoms with E-state index in [2.05, 4.69) is 0 Å². The highest BCUT2D eigenvalue weighted by Gasteiger charge is 2.45. The number of hydrogen-bond donors (Lipinski definition) is 1. The third-order valence-corrected chi connectivity index (χ3v) is 6.09. The van der Waals surface area contributed by atoms with E-state index >= 15 is 0 Å². The van der Waals surface area contributed by atoms with Crippen LogP contribution in [0.4, 0.5) is 0 Å². The number of ether oxygens (including phenoxy) is 1. The van der Waals surface area contributed by atoms with Crippen LogP contribution in [0.2, 0.25) is 0 Å². The van der Waals surface area contributed by atoms with Crippen LogP contribution in [0.1, 0.15) is 44.9 Å². The van der Waals surface area contributed by atoms with Crippen molar-refractivity contribution in [3.63, 3.8) is 0 Å². The van der Waals surface area contributed by atoms with E-state index < -0.39 is 0 Å². The second-order valence-electron chi connectivity index (χ2n) is 5.68. The zero-order valence-electron chi connectivity index (χ0n) is 9.86. The Balaban J connectivity index is 1.60. The minimum absolute atomic E-state index is 0.0751. The molecular formula is C13H22O2S. The molecule has 3 heteroatoms. The van der Waals surface area contributed by atoms with Crippen LogP contribution in [-0.2, 0) is 4.74 Å². The summed E-state index contributed by atoms with van der Waals surface area (Å²) in [4.78, 5) is 0. The molecule has 2 saturated heterocycles. The molecule has 1 saturated carbocycles. The second-order valence-corrected chi connectivity index (χ2v) is 7.03. The van der Waals surface area contributed by atoms with Crippen LogP contribution in [0.3, 0.4) is 0 Å². The van der Waals surface area contributed by atoms with Gasteiger partial charge in [0, 0.05) is 11.9 Å². The Hall–Kier alpha value is 0.270. The molecule has 0 bridgehead atoms. The molecule has 3 rings (SSSR count). The monoisotopic (exact) mass is 242 g/mol. The highest BCUT2D eigenvalue weighted by atomic mass is 32.2. The Morgan fingerprint density at radius 3 is 2.75 bits per heavy atom. The average molecular weight is 242 g/mol. The molecule has 3 unspecified atom stereocenters. The average Bonchev–Trinajstić information content (AvgIpc) is 2.79. The van der Waals surface area contributed by atoms with E-state index in [9.17, 15) is 5.11 Å². The third kappa shape index (κ3) is 2.02. The number of aliphatic hydroxyl groups excluding tert-OH is 1. The Morgan fingerprint density at radius 2 is 2.12 bits per heavy atom. The van der Waals surface area contributed by atoms with Gasteiger partial charge in [0.05, 0.1) is 11.7 Å². The zero-order valence-corrected chi connectivity index (χ0v) is 10.7. The lowest BCUT2D eigenvalue weighted by Crippen LogP contribution is -2.49. The number of thioether (sulfide) groups is 1. The largest absolute Gasteiger partial charge is 0.392 e. The lowest BCUT2D eigenvalue weighted by Gasteiger charge is -2.48. The summed E-state index contributed by atoms with van der Waals surface area (Å²) in [5.74, 6) is 1.75. The first-order valence-electron chi connectivity index (χ1n) is 6.73. The van der Waals surface area contributed by atoms with Gasteiger partial charge in [0.2, 0.25) is 0 Å². The molecule has 2 nitrogen and oxygen atoms in total. The standard InChI is InChI=1S/C13H22O2S/c14-12(11-3-1-8-16-11)10-4-7-15-13(9-10)5-2-6-13/h10-12,14H,1-9H2. The van der Waals surface area contributed by atoms with E-state index in [0.29, 0.717) is 11.2 Å².